The van der Waals surface area contributed by atoms with Gasteiger partial charge in [0.15, 0.2) is 11.6 Å². The molecule has 0 unspecified atom stereocenters. The number of aromatic nitrogens is 6. The maximum Gasteiger partial charge on any atom is 0.238 e. The average molecular weight is 671 g/mol. The lowest BCUT2D eigenvalue weighted by Crippen LogP contribution is -2.07. The van der Waals surface area contributed by atoms with Gasteiger partial charge in [-0.05, 0) is 48.5 Å². The summed E-state index contributed by atoms with van der Waals surface area (Å²) in [5.41, 5.74) is 7.03. The molecule has 11 rings (SSSR count). The summed E-state index contributed by atoms with van der Waals surface area (Å²) in [6, 6.07) is 50.9. The number of thiophene rings is 1. The van der Waals surface area contributed by atoms with E-state index in [0.29, 0.717) is 17.6 Å². The van der Waals surface area contributed by atoms with Gasteiger partial charge in [0.1, 0.15) is 0 Å². The summed E-state index contributed by atoms with van der Waals surface area (Å²) in [4.78, 5) is 20.2. The molecule has 5 aromatic heterocycles. The van der Waals surface area contributed by atoms with E-state index in [-0.39, 0.29) is 0 Å². The van der Waals surface area contributed by atoms with Crippen molar-refractivity contribution in [3.63, 3.8) is 0 Å². The Morgan fingerprint density at radius 1 is 0.431 bits per heavy atom. The van der Waals surface area contributed by atoms with Gasteiger partial charge < -0.3 is 4.57 Å². The van der Waals surface area contributed by atoms with E-state index in [1.165, 1.54) is 25.6 Å². The van der Waals surface area contributed by atoms with Crippen LogP contribution >= 0.6 is 11.3 Å². The Bertz CT molecular complexity index is 3100. The summed E-state index contributed by atoms with van der Waals surface area (Å²) in [5, 5.41) is 7.17. The van der Waals surface area contributed by atoms with E-state index in [1.54, 1.807) is 0 Å². The summed E-state index contributed by atoms with van der Waals surface area (Å²) in [5.74, 6) is 1.78. The van der Waals surface area contributed by atoms with Gasteiger partial charge in [-0.1, -0.05) is 97.1 Å². The van der Waals surface area contributed by atoms with Crippen LogP contribution in [0.2, 0.25) is 0 Å². The van der Waals surface area contributed by atoms with E-state index in [2.05, 4.69) is 142 Å². The Hall–Kier alpha value is -6.70. The van der Waals surface area contributed by atoms with Crippen LogP contribution in [0.4, 0.5) is 0 Å². The van der Waals surface area contributed by atoms with E-state index in [9.17, 15) is 0 Å². The van der Waals surface area contributed by atoms with Gasteiger partial charge in [-0.2, -0.15) is 9.97 Å². The number of nitrogens with zero attached hydrogens (tertiary/aromatic N) is 6. The minimum absolute atomic E-state index is 0.571. The zero-order valence-corrected chi connectivity index (χ0v) is 27.9. The van der Waals surface area contributed by atoms with Gasteiger partial charge in [-0.3, -0.25) is 9.55 Å². The Morgan fingerprint density at radius 3 is 1.92 bits per heavy atom. The first-order valence-corrected chi connectivity index (χ1v) is 17.7. The summed E-state index contributed by atoms with van der Waals surface area (Å²) >= 11 is 1.84. The second-order valence-electron chi connectivity index (χ2n) is 12.7. The fourth-order valence-electron chi connectivity index (χ4n) is 7.64. The van der Waals surface area contributed by atoms with Crippen molar-refractivity contribution in [1.29, 1.82) is 0 Å². The van der Waals surface area contributed by atoms with Crippen molar-refractivity contribution in [3.05, 3.63) is 158 Å². The highest BCUT2D eigenvalue weighted by Crippen LogP contribution is 2.42. The van der Waals surface area contributed by atoms with E-state index in [1.807, 2.05) is 41.9 Å². The zero-order valence-electron chi connectivity index (χ0n) is 27.1. The Balaban J connectivity index is 1.22. The quantitative estimate of drug-likeness (QED) is 0.187. The molecule has 0 fully saturated rings. The molecule has 0 radical (unpaired) electrons. The van der Waals surface area contributed by atoms with Crippen LogP contribution in [0.3, 0.4) is 0 Å². The molecule has 0 spiro atoms. The molecule has 51 heavy (non-hydrogen) atoms. The monoisotopic (exact) mass is 670 g/mol. The first-order valence-electron chi connectivity index (χ1n) is 16.9. The molecule has 0 atom stereocenters. The van der Waals surface area contributed by atoms with Crippen molar-refractivity contribution >= 4 is 75.1 Å². The van der Waals surface area contributed by atoms with E-state index in [0.717, 1.165) is 55.0 Å². The van der Waals surface area contributed by atoms with Crippen LogP contribution in [0, 0.1) is 0 Å². The number of hydrogen-bond acceptors (Lipinski definition) is 5. The highest BCUT2D eigenvalue weighted by molar-refractivity contribution is 7.25. The topological polar surface area (TPSA) is 61.4 Å². The van der Waals surface area contributed by atoms with Crippen molar-refractivity contribution in [2.45, 2.75) is 0 Å². The van der Waals surface area contributed by atoms with Crippen molar-refractivity contribution in [1.82, 2.24) is 29.1 Å². The number of para-hydroxylation sites is 3. The lowest BCUT2D eigenvalue weighted by atomic mass is 10.1. The summed E-state index contributed by atoms with van der Waals surface area (Å²) in [6.07, 6.45) is 3.84. The standard InChI is InChI=1S/C44H26N6S/c1-2-12-27(13-3-1)42-46-43(48-44(47-42)50-35-18-8-4-14-28(35)29-15-5-9-19-36(29)50)32-17-6-10-20-37(32)49-38-24-34-31-16-7-11-21-40(31)51-41(34)25-33(38)30-22-23-45-26-39(30)49/h1-26H. The lowest BCUT2D eigenvalue weighted by Gasteiger charge is -2.15. The molecule has 0 saturated carbocycles. The SMILES string of the molecule is c1ccc(-c2nc(-c3ccccc3-n3c4cnccc4c4cc5sc6ccccc6c5cc43)nc(-n3c4ccccc4c4ccccc43)n2)cc1. The molecule has 0 N–H and O–H groups in total. The van der Waals surface area contributed by atoms with Crippen LogP contribution in [-0.2, 0) is 0 Å². The largest absolute Gasteiger partial charge is 0.307 e. The lowest BCUT2D eigenvalue weighted by molar-refractivity contribution is 0.951. The number of fused-ring (bicyclic) bond motifs is 9. The molecular weight excluding hydrogens is 645 g/mol. The van der Waals surface area contributed by atoms with E-state index in [4.69, 9.17) is 15.0 Å². The number of benzene rings is 6. The van der Waals surface area contributed by atoms with Crippen LogP contribution in [0.15, 0.2) is 158 Å². The number of rotatable bonds is 4. The first-order chi connectivity index (χ1) is 25.3. The molecule has 238 valence electrons. The Labute approximate surface area is 295 Å². The summed E-state index contributed by atoms with van der Waals surface area (Å²) in [6.45, 7) is 0. The van der Waals surface area contributed by atoms with Crippen molar-refractivity contribution in [3.8, 4) is 34.4 Å². The van der Waals surface area contributed by atoms with Crippen LogP contribution in [0.25, 0.3) is 98.2 Å². The van der Waals surface area contributed by atoms with Crippen LogP contribution in [0.1, 0.15) is 0 Å². The smallest absolute Gasteiger partial charge is 0.238 e. The third-order valence-corrected chi connectivity index (χ3v) is 11.0. The molecule has 0 saturated heterocycles. The Kier molecular flexibility index (Phi) is 6.02. The van der Waals surface area contributed by atoms with Gasteiger partial charge in [-0.25, -0.2) is 4.98 Å². The third kappa shape index (κ3) is 4.22. The fourth-order valence-corrected chi connectivity index (χ4v) is 8.77. The highest BCUT2D eigenvalue weighted by atomic mass is 32.1. The summed E-state index contributed by atoms with van der Waals surface area (Å²) in [7, 11) is 0. The average Bonchev–Trinajstić information content (AvgIpc) is 3.84. The molecule has 0 aliphatic carbocycles. The molecule has 11 aromatic rings. The molecule has 7 heteroatoms. The van der Waals surface area contributed by atoms with Crippen LogP contribution in [-0.4, -0.2) is 29.1 Å². The predicted octanol–water partition coefficient (Wildman–Crippen LogP) is 11.2. The van der Waals surface area contributed by atoms with Crippen molar-refractivity contribution in [2.24, 2.45) is 0 Å². The van der Waals surface area contributed by atoms with Gasteiger partial charge in [0.05, 0.1) is 34.0 Å². The van der Waals surface area contributed by atoms with E-state index >= 15 is 0 Å². The van der Waals surface area contributed by atoms with Gasteiger partial charge in [0.25, 0.3) is 0 Å². The molecule has 6 nitrogen and oxygen atoms in total. The minimum Gasteiger partial charge on any atom is -0.307 e. The predicted molar refractivity (Wildman–Crippen MR) is 210 cm³/mol. The van der Waals surface area contributed by atoms with Crippen molar-refractivity contribution in [2.75, 3.05) is 0 Å². The Morgan fingerprint density at radius 2 is 1.10 bits per heavy atom. The molecule has 0 bridgehead atoms. The van der Waals surface area contributed by atoms with Crippen molar-refractivity contribution < 1.29 is 0 Å². The minimum atomic E-state index is 0.571. The van der Waals surface area contributed by atoms with Gasteiger partial charge in [0, 0.05) is 59.0 Å². The number of hydrogen-bond donors (Lipinski definition) is 0. The first kappa shape index (κ1) is 28.2. The maximum atomic E-state index is 5.30. The van der Waals surface area contributed by atoms with Crippen LogP contribution < -0.4 is 0 Å². The second-order valence-corrected chi connectivity index (χ2v) is 13.8. The summed E-state index contributed by atoms with van der Waals surface area (Å²) < 4.78 is 7.04. The zero-order chi connectivity index (χ0) is 33.5. The van der Waals surface area contributed by atoms with E-state index < -0.39 is 0 Å². The molecule has 5 heterocycles. The van der Waals surface area contributed by atoms with Crippen LogP contribution in [0.5, 0.6) is 0 Å². The normalized spacial score (nSPS) is 11.9. The van der Waals surface area contributed by atoms with Gasteiger partial charge in [0.2, 0.25) is 5.95 Å². The third-order valence-electron chi connectivity index (χ3n) is 9.89. The number of pyridine rings is 1. The fraction of sp³-hybridized carbons (Fsp3) is 0. The molecular formula is C44H26N6S. The molecule has 0 amide bonds. The molecule has 6 aromatic carbocycles. The van der Waals surface area contributed by atoms with Gasteiger partial charge >= 0.3 is 0 Å². The maximum absolute atomic E-state index is 5.30. The molecule has 0 aliphatic heterocycles. The molecule has 0 aliphatic rings. The highest BCUT2D eigenvalue weighted by Gasteiger charge is 2.22. The second kappa shape index (κ2) is 10.9. The van der Waals surface area contributed by atoms with Gasteiger partial charge in [-0.15, -0.1) is 11.3 Å².